The van der Waals surface area contributed by atoms with Gasteiger partial charge in [0.25, 0.3) is 0 Å². The Morgan fingerprint density at radius 1 is 1.25 bits per heavy atom. The minimum Gasteiger partial charge on any atom is -0.481 e. The number of amides is 1. The molecule has 2 aliphatic rings. The fourth-order valence-electron chi connectivity index (χ4n) is 2.42. The molecule has 1 saturated carbocycles. The van der Waals surface area contributed by atoms with Crippen LogP contribution >= 0.6 is 0 Å². The van der Waals surface area contributed by atoms with Gasteiger partial charge < -0.3 is 14.9 Å². The highest BCUT2D eigenvalue weighted by molar-refractivity contribution is 5.89. The third-order valence-electron chi connectivity index (χ3n) is 3.54. The summed E-state index contributed by atoms with van der Waals surface area (Å²) in [5.74, 6) is -1.49. The fraction of sp³-hybridized carbons (Fsp3) is 0.818. The van der Waals surface area contributed by atoms with Crippen LogP contribution in [0, 0.1) is 11.8 Å². The van der Waals surface area contributed by atoms with E-state index in [9.17, 15) is 9.59 Å². The van der Waals surface area contributed by atoms with Gasteiger partial charge in [-0.05, 0) is 20.4 Å². The predicted octanol–water partition coefficient (Wildman–Crippen LogP) is -0.130. The SMILES string of the molecule is CC1CN(C)CCN1C(=O)[C@@H]1C[C@@H]1C(=O)O. The van der Waals surface area contributed by atoms with Gasteiger partial charge in [0.15, 0.2) is 0 Å². The average molecular weight is 226 g/mol. The van der Waals surface area contributed by atoms with Crippen LogP contribution < -0.4 is 0 Å². The molecule has 2 fully saturated rings. The highest BCUT2D eigenvalue weighted by Crippen LogP contribution is 2.40. The Morgan fingerprint density at radius 3 is 2.44 bits per heavy atom. The molecular formula is C11H18N2O3. The van der Waals surface area contributed by atoms with Crippen molar-refractivity contribution in [3.05, 3.63) is 0 Å². The number of rotatable bonds is 2. The zero-order chi connectivity index (χ0) is 11.9. The smallest absolute Gasteiger partial charge is 0.307 e. The molecule has 90 valence electrons. The summed E-state index contributed by atoms with van der Waals surface area (Å²) in [7, 11) is 2.04. The molecule has 3 atom stereocenters. The molecular weight excluding hydrogens is 208 g/mol. The van der Waals surface area contributed by atoms with Gasteiger partial charge in [-0.3, -0.25) is 9.59 Å². The van der Waals surface area contributed by atoms with Crippen LogP contribution in [0.25, 0.3) is 0 Å². The molecule has 2 rings (SSSR count). The largest absolute Gasteiger partial charge is 0.481 e. The molecule has 0 aromatic carbocycles. The van der Waals surface area contributed by atoms with Gasteiger partial charge in [0, 0.05) is 25.7 Å². The number of piperazine rings is 1. The minimum absolute atomic E-state index is 0.0352. The monoisotopic (exact) mass is 226 g/mol. The normalized spacial score (nSPS) is 34.9. The summed E-state index contributed by atoms with van der Waals surface area (Å²) in [6.45, 7) is 4.49. The number of hydrogen-bond donors (Lipinski definition) is 1. The van der Waals surface area contributed by atoms with E-state index in [2.05, 4.69) is 4.90 Å². The second kappa shape index (κ2) is 4.05. The molecule has 0 bridgehead atoms. The first-order chi connectivity index (χ1) is 7.50. The Morgan fingerprint density at radius 2 is 1.94 bits per heavy atom. The molecule has 1 unspecified atom stereocenters. The van der Waals surface area contributed by atoms with Gasteiger partial charge in [-0.15, -0.1) is 0 Å². The Bertz CT molecular complexity index is 318. The van der Waals surface area contributed by atoms with Crippen molar-refractivity contribution in [1.82, 2.24) is 9.80 Å². The molecule has 16 heavy (non-hydrogen) atoms. The van der Waals surface area contributed by atoms with E-state index in [1.54, 1.807) is 0 Å². The summed E-state index contributed by atoms with van der Waals surface area (Å²) in [5.41, 5.74) is 0. The first-order valence-electron chi connectivity index (χ1n) is 5.72. The van der Waals surface area contributed by atoms with E-state index < -0.39 is 11.9 Å². The summed E-state index contributed by atoms with van der Waals surface area (Å²) in [6.07, 6.45) is 0.521. The molecule has 1 aliphatic carbocycles. The van der Waals surface area contributed by atoms with Gasteiger partial charge in [-0.1, -0.05) is 0 Å². The van der Waals surface area contributed by atoms with Crippen molar-refractivity contribution in [3.8, 4) is 0 Å². The van der Waals surface area contributed by atoms with Crippen LogP contribution in [-0.4, -0.2) is 59.5 Å². The van der Waals surface area contributed by atoms with Crippen molar-refractivity contribution in [2.45, 2.75) is 19.4 Å². The molecule has 1 aliphatic heterocycles. The van der Waals surface area contributed by atoms with E-state index >= 15 is 0 Å². The summed E-state index contributed by atoms with van der Waals surface area (Å²) in [5, 5.41) is 8.80. The molecule has 1 saturated heterocycles. The Hall–Kier alpha value is -1.10. The first-order valence-corrected chi connectivity index (χ1v) is 5.72. The number of carboxylic acids is 1. The summed E-state index contributed by atoms with van der Waals surface area (Å²) in [4.78, 5) is 26.8. The Kier molecular flexibility index (Phi) is 2.88. The molecule has 1 amide bonds. The third-order valence-corrected chi connectivity index (χ3v) is 3.54. The van der Waals surface area contributed by atoms with Crippen molar-refractivity contribution in [2.24, 2.45) is 11.8 Å². The lowest BCUT2D eigenvalue weighted by atomic mass is 10.1. The van der Waals surface area contributed by atoms with Crippen LogP contribution in [0.15, 0.2) is 0 Å². The molecule has 5 heteroatoms. The Balaban J connectivity index is 1.93. The quantitative estimate of drug-likeness (QED) is 0.712. The van der Waals surface area contributed by atoms with Gasteiger partial charge in [0.2, 0.25) is 5.91 Å². The van der Waals surface area contributed by atoms with Crippen LogP contribution in [0.5, 0.6) is 0 Å². The minimum atomic E-state index is -0.833. The predicted molar refractivity (Wildman–Crippen MR) is 57.9 cm³/mol. The van der Waals surface area contributed by atoms with Crippen molar-refractivity contribution >= 4 is 11.9 Å². The van der Waals surface area contributed by atoms with E-state index in [1.165, 1.54) is 0 Å². The lowest BCUT2D eigenvalue weighted by molar-refractivity contribution is -0.143. The van der Waals surface area contributed by atoms with Crippen LogP contribution in [0.2, 0.25) is 0 Å². The number of likely N-dealkylation sites (N-methyl/N-ethyl adjacent to an activating group) is 1. The average Bonchev–Trinajstić information content (AvgIpc) is 2.96. The van der Waals surface area contributed by atoms with E-state index in [4.69, 9.17) is 5.11 Å². The zero-order valence-electron chi connectivity index (χ0n) is 9.72. The second-order valence-electron chi connectivity index (χ2n) is 4.93. The van der Waals surface area contributed by atoms with Gasteiger partial charge in [-0.25, -0.2) is 0 Å². The molecule has 0 aromatic heterocycles. The van der Waals surface area contributed by atoms with Crippen molar-refractivity contribution < 1.29 is 14.7 Å². The standard InChI is InChI=1S/C11H18N2O3/c1-7-6-12(2)3-4-13(7)10(14)8-5-9(8)11(15)16/h7-9H,3-6H2,1-2H3,(H,15,16)/t7?,8-,9+/m1/s1. The summed E-state index contributed by atoms with van der Waals surface area (Å²) in [6, 6.07) is 0.196. The highest BCUT2D eigenvalue weighted by Gasteiger charge is 2.50. The van der Waals surface area contributed by atoms with Gasteiger partial charge in [0.1, 0.15) is 0 Å². The van der Waals surface area contributed by atoms with Crippen molar-refractivity contribution in [2.75, 3.05) is 26.7 Å². The second-order valence-corrected chi connectivity index (χ2v) is 4.93. The lowest BCUT2D eigenvalue weighted by Crippen LogP contribution is -2.53. The number of carboxylic acid groups (broad SMARTS) is 1. The van der Waals surface area contributed by atoms with Gasteiger partial charge in [-0.2, -0.15) is 0 Å². The Labute approximate surface area is 95.0 Å². The van der Waals surface area contributed by atoms with Crippen LogP contribution in [0.1, 0.15) is 13.3 Å². The maximum Gasteiger partial charge on any atom is 0.307 e. The maximum absolute atomic E-state index is 12.0. The van der Waals surface area contributed by atoms with E-state index in [1.807, 2.05) is 18.9 Å². The van der Waals surface area contributed by atoms with E-state index in [0.717, 1.165) is 19.6 Å². The number of carbonyl (C=O) groups excluding carboxylic acids is 1. The molecule has 0 aromatic rings. The first kappa shape index (κ1) is 11.4. The van der Waals surface area contributed by atoms with Crippen LogP contribution in [0.4, 0.5) is 0 Å². The van der Waals surface area contributed by atoms with Gasteiger partial charge >= 0.3 is 5.97 Å². The summed E-state index contributed by atoms with van der Waals surface area (Å²) < 4.78 is 0. The third kappa shape index (κ3) is 2.04. The highest BCUT2D eigenvalue weighted by atomic mass is 16.4. The van der Waals surface area contributed by atoms with Gasteiger partial charge in [0.05, 0.1) is 11.8 Å². The molecule has 5 nitrogen and oxygen atoms in total. The number of nitrogens with zero attached hydrogens (tertiary/aromatic N) is 2. The molecule has 0 radical (unpaired) electrons. The zero-order valence-corrected chi connectivity index (χ0v) is 9.72. The lowest BCUT2D eigenvalue weighted by Gasteiger charge is -2.38. The topological polar surface area (TPSA) is 60.9 Å². The number of aliphatic carboxylic acids is 1. The fourth-order valence-corrected chi connectivity index (χ4v) is 2.42. The van der Waals surface area contributed by atoms with E-state index in [-0.39, 0.29) is 17.9 Å². The number of carbonyl (C=O) groups is 2. The van der Waals surface area contributed by atoms with Crippen LogP contribution in [0.3, 0.4) is 0 Å². The molecule has 1 heterocycles. The van der Waals surface area contributed by atoms with Crippen molar-refractivity contribution in [1.29, 1.82) is 0 Å². The maximum atomic E-state index is 12.0. The van der Waals surface area contributed by atoms with Crippen LogP contribution in [-0.2, 0) is 9.59 Å². The number of hydrogen-bond acceptors (Lipinski definition) is 3. The molecule has 1 N–H and O–H groups in total. The molecule has 0 spiro atoms. The summed E-state index contributed by atoms with van der Waals surface area (Å²) >= 11 is 0. The van der Waals surface area contributed by atoms with E-state index in [0.29, 0.717) is 6.42 Å². The van der Waals surface area contributed by atoms with Crippen molar-refractivity contribution in [3.63, 3.8) is 0 Å².